The van der Waals surface area contributed by atoms with Crippen molar-refractivity contribution in [3.05, 3.63) is 40.4 Å². The Morgan fingerprint density at radius 1 is 1.23 bits per heavy atom. The van der Waals surface area contributed by atoms with E-state index in [9.17, 15) is 14.2 Å². The van der Waals surface area contributed by atoms with Crippen LogP contribution < -0.4 is 9.84 Å². The summed E-state index contributed by atoms with van der Waals surface area (Å²) in [6.07, 6.45) is 7.16. The van der Waals surface area contributed by atoms with E-state index in [1.54, 1.807) is 20.0 Å². The Hall–Kier alpha value is -2.06. The van der Waals surface area contributed by atoms with Gasteiger partial charge < -0.3 is 9.84 Å². The molecule has 212 valence electrons. The van der Waals surface area contributed by atoms with Gasteiger partial charge in [-0.1, -0.05) is 13.0 Å². The van der Waals surface area contributed by atoms with Crippen LogP contribution in [0.25, 0.3) is 0 Å². The van der Waals surface area contributed by atoms with Crippen LogP contribution in [0.4, 0.5) is 5.13 Å². The number of anilines is 1. The quantitative estimate of drug-likeness (QED) is 0.302. The summed E-state index contributed by atoms with van der Waals surface area (Å²) in [7, 11) is -3.66. The van der Waals surface area contributed by atoms with E-state index in [1.807, 2.05) is 19.1 Å². The first kappa shape index (κ1) is 28.5. The number of nitrogens with zero attached hydrogens (tertiary/aromatic N) is 1. The minimum absolute atomic E-state index is 0.0318. The number of thiazole rings is 1. The molecule has 1 aromatic heterocycles. The third kappa shape index (κ3) is 5.74. The van der Waals surface area contributed by atoms with Gasteiger partial charge >= 0.3 is 7.82 Å². The number of fused-ring (bicyclic) bond motifs is 5. The second-order valence-electron chi connectivity index (χ2n) is 11.3. The average molecular weight is 575 g/mol. The number of hydrogen-bond donors (Lipinski definition) is 1. The van der Waals surface area contributed by atoms with Crippen LogP contribution >= 0.6 is 19.2 Å². The highest BCUT2D eigenvalue weighted by atomic mass is 32.1. The van der Waals surface area contributed by atoms with Gasteiger partial charge in [0.25, 0.3) is 0 Å². The summed E-state index contributed by atoms with van der Waals surface area (Å²) < 4.78 is 29.2. The molecule has 39 heavy (non-hydrogen) atoms. The van der Waals surface area contributed by atoms with Crippen molar-refractivity contribution < 1.29 is 27.7 Å². The highest BCUT2D eigenvalue weighted by molar-refractivity contribution is 7.48. The normalized spacial score (nSPS) is 27.9. The molecule has 3 aliphatic carbocycles. The number of hydrogen-bond acceptors (Lipinski definition) is 8. The van der Waals surface area contributed by atoms with Gasteiger partial charge in [0, 0.05) is 29.3 Å². The number of phosphoric acid groups is 1. The lowest BCUT2D eigenvalue weighted by Crippen LogP contribution is -2.44. The number of carbonyl (C=O) groups excluding carboxylic acids is 2. The van der Waals surface area contributed by atoms with E-state index in [0.717, 1.165) is 37.0 Å². The Morgan fingerprint density at radius 2 is 2.00 bits per heavy atom. The summed E-state index contributed by atoms with van der Waals surface area (Å²) in [5, 5.41) is 3.55. The number of phosphoric ester groups is 1. The van der Waals surface area contributed by atoms with Gasteiger partial charge in [-0.25, -0.2) is 9.55 Å². The molecule has 5 rings (SSSR count). The lowest BCUT2D eigenvalue weighted by molar-refractivity contribution is -0.129. The molecule has 5 atom stereocenters. The average Bonchev–Trinajstić information content (AvgIpc) is 3.41. The largest absolute Gasteiger partial charge is 0.530 e. The van der Waals surface area contributed by atoms with Crippen molar-refractivity contribution in [1.29, 1.82) is 0 Å². The molecular weight excluding hydrogens is 535 g/mol. The summed E-state index contributed by atoms with van der Waals surface area (Å²) in [4.78, 5) is 31.3. The maximum absolute atomic E-state index is 13.3. The zero-order valence-corrected chi connectivity index (χ0v) is 24.9. The number of ketones is 1. The molecule has 0 saturated heterocycles. The van der Waals surface area contributed by atoms with Crippen molar-refractivity contribution in [2.45, 2.75) is 78.6 Å². The zero-order valence-electron chi connectivity index (χ0n) is 23.2. The van der Waals surface area contributed by atoms with Crippen LogP contribution in [0, 0.1) is 30.1 Å². The molecule has 1 aromatic carbocycles. The molecule has 10 heteroatoms. The third-order valence-electron chi connectivity index (χ3n) is 8.94. The highest BCUT2D eigenvalue weighted by Gasteiger charge is 2.58. The van der Waals surface area contributed by atoms with Gasteiger partial charge in [0.1, 0.15) is 11.5 Å². The molecule has 4 unspecified atom stereocenters. The molecule has 2 saturated carbocycles. The molecule has 3 aliphatic rings. The fraction of sp³-hybridized carbons (Fsp3) is 0.621. The van der Waals surface area contributed by atoms with E-state index in [2.05, 4.69) is 23.3 Å². The van der Waals surface area contributed by atoms with Crippen molar-refractivity contribution in [3.8, 4) is 5.75 Å². The first-order chi connectivity index (χ1) is 18.7. The van der Waals surface area contributed by atoms with E-state index < -0.39 is 7.82 Å². The summed E-state index contributed by atoms with van der Waals surface area (Å²) in [6, 6.07) is 5.94. The van der Waals surface area contributed by atoms with Crippen LogP contribution in [0.15, 0.2) is 24.4 Å². The Labute approximate surface area is 234 Å². The Kier molecular flexibility index (Phi) is 8.35. The molecular formula is C29H39N2O6PS. The number of aryl methyl sites for hydroxylation is 2. The fourth-order valence-electron chi connectivity index (χ4n) is 7.39. The molecule has 1 heterocycles. The summed E-state index contributed by atoms with van der Waals surface area (Å²) in [6.45, 7) is 8.12. The van der Waals surface area contributed by atoms with Gasteiger partial charge in [-0.3, -0.25) is 18.6 Å². The monoisotopic (exact) mass is 574 g/mol. The summed E-state index contributed by atoms with van der Waals surface area (Å²) >= 11 is 1.47. The first-order valence-electron chi connectivity index (χ1n) is 14.1. The van der Waals surface area contributed by atoms with E-state index in [1.165, 1.54) is 22.5 Å². The SMILES string of the molecule is CCOP(=O)(OCC)Oc1ccc2c(c1)CCC1C2CC[C@]2(C)C(=O)CC(CCC(=O)Nc3ncc(C)s3)C12. The number of amides is 1. The number of nitrogens with one attached hydrogen (secondary N) is 1. The lowest BCUT2D eigenvalue weighted by atomic mass is 9.54. The van der Waals surface area contributed by atoms with Gasteiger partial charge in [-0.15, -0.1) is 11.3 Å². The maximum Gasteiger partial charge on any atom is 0.530 e. The van der Waals surface area contributed by atoms with Crippen LogP contribution in [-0.2, 0) is 29.6 Å². The molecule has 1 amide bonds. The number of aromatic nitrogens is 1. The van der Waals surface area contributed by atoms with E-state index in [4.69, 9.17) is 13.6 Å². The van der Waals surface area contributed by atoms with Gasteiger partial charge in [-0.2, -0.15) is 0 Å². The van der Waals surface area contributed by atoms with Crippen LogP contribution in [0.3, 0.4) is 0 Å². The Balaban J connectivity index is 1.31. The van der Waals surface area contributed by atoms with Crippen LogP contribution in [0.2, 0.25) is 0 Å². The third-order valence-corrected chi connectivity index (χ3v) is 11.4. The van der Waals surface area contributed by atoms with Crippen LogP contribution in [-0.4, -0.2) is 29.9 Å². The van der Waals surface area contributed by atoms with Gasteiger partial charge in [0.05, 0.1) is 13.2 Å². The lowest BCUT2D eigenvalue weighted by Gasteiger charge is -2.50. The minimum atomic E-state index is -3.66. The number of benzene rings is 1. The Bertz CT molecular complexity index is 1270. The molecule has 2 aromatic rings. The Morgan fingerprint density at radius 3 is 2.69 bits per heavy atom. The molecule has 8 nitrogen and oxygen atoms in total. The topological polar surface area (TPSA) is 104 Å². The molecule has 0 spiro atoms. The van der Waals surface area contributed by atoms with Gasteiger partial charge in [-0.05, 0) is 99.8 Å². The smallest absolute Gasteiger partial charge is 0.404 e. The van der Waals surface area contributed by atoms with Crippen molar-refractivity contribution >= 4 is 36.0 Å². The van der Waals surface area contributed by atoms with Crippen molar-refractivity contribution in [3.63, 3.8) is 0 Å². The van der Waals surface area contributed by atoms with Crippen molar-refractivity contribution in [1.82, 2.24) is 4.98 Å². The van der Waals surface area contributed by atoms with Crippen LogP contribution in [0.1, 0.15) is 81.2 Å². The zero-order chi connectivity index (χ0) is 27.8. The molecule has 0 bridgehead atoms. The molecule has 0 aliphatic heterocycles. The van der Waals surface area contributed by atoms with Gasteiger partial charge in [0.15, 0.2) is 5.13 Å². The number of Topliss-reactive ketones (excluding diaryl/α,β-unsaturated/α-hetero) is 1. The predicted molar refractivity (Wildman–Crippen MR) is 151 cm³/mol. The van der Waals surface area contributed by atoms with Crippen molar-refractivity contribution in [2.75, 3.05) is 18.5 Å². The maximum atomic E-state index is 13.3. The second-order valence-corrected chi connectivity index (χ2v) is 14.1. The van der Waals surface area contributed by atoms with E-state index in [0.29, 0.717) is 41.3 Å². The standard InChI is InChI=1S/C29H39N2O6PS/c1-5-35-38(34,36-6-2)37-21-9-11-22-19(15-21)7-10-24-23(22)13-14-29(4)25(32)16-20(27(24)29)8-12-26(33)31-28-30-17-18(3)39-28/h9,11,15,17,20,23-24,27H,5-8,10,12-14,16H2,1-4H3,(H,30,31,33)/t20?,23?,24?,27?,29-/m1/s1. The predicted octanol–water partition coefficient (Wildman–Crippen LogP) is 7.08. The van der Waals surface area contributed by atoms with Crippen LogP contribution in [0.5, 0.6) is 5.75 Å². The fourth-order valence-corrected chi connectivity index (χ4v) is 9.25. The number of carbonyl (C=O) groups is 2. The second kappa shape index (κ2) is 11.4. The van der Waals surface area contributed by atoms with E-state index in [-0.39, 0.29) is 36.4 Å². The molecule has 0 radical (unpaired) electrons. The summed E-state index contributed by atoms with van der Waals surface area (Å²) in [5.41, 5.74) is 2.20. The van der Waals surface area contributed by atoms with Gasteiger partial charge in [0.2, 0.25) is 5.91 Å². The molecule has 2 fully saturated rings. The first-order valence-corrected chi connectivity index (χ1v) is 16.4. The van der Waals surface area contributed by atoms with Crippen molar-refractivity contribution in [2.24, 2.45) is 23.2 Å². The summed E-state index contributed by atoms with van der Waals surface area (Å²) in [5.74, 6) is 2.09. The highest BCUT2D eigenvalue weighted by Crippen LogP contribution is 2.62. The number of rotatable bonds is 10. The minimum Gasteiger partial charge on any atom is -0.404 e. The van der Waals surface area contributed by atoms with E-state index >= 15 is 0 Å². The molecule has 1 N–H and O–H groups in total.